The average molecular weight is 237 g/mol. The zero-order valence-corrected chi connectivity index (χ0v) is 11.3. The van der Waals surface area contributed by atoms with E-state index in [-0.39, 0.29) is 6.61 Å². The molecule has 17 heavy (non-hydrogen) atoms. The van der Waals surface area contributed by atoms with E-state index in [1.165, 1.54) is 12.8 Å². The first-order valence-electron chi connectivity index (χ1n) is 6.51. The van der Waals surface area contributed by atoms with Crippen LogP contribution in [-0.4, -0.2) is 27.0 Å². The van der Waals surface area contributed by atoms with E-state index in [1.807, 2.05) is 18.7 Å². The molecule has 1 aromatic rings. The van der Waals surface area contributed by atoms with Gasteiger partial charge in [0.1, 0.15) is 5.82 Å². The van der Waals surface area contributed by atoms with Crippen LogP contribution in [0.25, 0.3) is 0 Å². The van der Waals surface area contributed by atoms with E-state index in [9.17, 15) is 5.11 Å². The van der Waals surface area contributed by atoms with Crippen molar-refractivity contribution in [3.05, 3.63) is 11.3 Å². The van der Waals surface area contributed by atoms with Crippen LogP contribution in [0.15, 0.2) is 0 Å². The van der Waals surface area contributed by atoms with Crippen LogP contribution in [0, 0.1) is 6.92 Å². The topological polar surface area (TPSA) is 41.3 Å². The van der Waals surface area contributed by atoms with Crippen molar-refractivity contribution in [3.63, 3.8) is 0 Å². The van der Waals surface area contributed by atoms with E-state index in [1.54, 1.807) is 0 Å². The predicted octanol–water partition coefficient (Wildman–Crippen LogP) is 1.99. The molecule has 0 aliphatic carbocycles. The highest BCUT2D eigenvalue weighted by Gasteiger charge is 2.33. The summed E-state index contributed by atoms with van der Waals surface area (Å²) >= 11 is 0. The van der Waals surface area contributed by atoms with E-state index in [4.69, 9.17) is 0 Å². The Hall–Kier alpha value is -1.03. The fourth-order valence-electron chi connectivity index (χ4n) is 3.05. The summed E-state index contributed by atoms with van der Waals surface area (Å²) in [5.74, 6) is 1.11. The van der Waals surface area contributed by atoms with Crippen molar-refractivity contribution in [3.8, 4) is 0 Å². The first kappa shape index (κ1) is 12.4. The number of aromatic nitrogens is 2. The van der Waals surface area contributed by atoms with Crippen molar-refractivity contribution in [2.24, 2.45) is 7.05 Å². The summed E-state index contributed by atoms with van der Waals surface area (Å²) in [6.07, 6.45) is 3.62. The molecule has 1 aliphatic rings. The van der Waals surface area contributed by atoms with Crippen molar-refractivity contribution < 1.29 is 5.11 Å². The Morgan fingerprint density at radius 2 is 2.12 bits per heavy atom. The Labute approximate surface area is 103 Å². The Kier molecular flexibility index (Phi) is 3.43. The van der Waals surface area contributed by atoms with E-state index in [2.05, 4.69) is 23.8 Å². The summed E-state index contributed by atoms with van der Waals surface area (Å²) in [4.78, 5) is 2.45. The third kappa shape index (κ3) is 1.95. The molecule has 96 valence electrons. The van der Waals surface area contributed by atoms with Crippen LogP contribution in [0.1, 0.15) is 44.4 Å². The number of rotatable bonds is 3. The lowest BCUT2D eigenvalue weighted by Gasteiger charge is -2.30. The van der Waals surface area contributed by atoms with Gasteiger partial charge in [-0.15, -0.1) is 0 Å². The van der Waals surface area contributed by atoms with Crippen LogP contribution in [0.2, 0.25) is 0 Å². The normalized spacial score (nSPS) is 24.6. The van der Waals surface area contributed by atoms with Gasteiger partial charge in [0.05, 0.1) is 12.3 Å². The lowest BCUT2D eigenvalue weighted by molar-refractivity contribution is 0.281. The van der Waals surface area contributed by atoms with Crippen molar-refractivity contribution in [2.75, 3.05) is 4.90 Å². The van der Waals surface area contributed by atoms with Gasteiger partial charge in [0, 0.05) is 24.7 Å². The molecule has 1 fully saturated rings. The first-order chi connectivity index (χ1) is 8.10. The predicted molar refractivity (Wildman–Crippen MR) is 69.1 cm³/mol. The molecule has 2 heterocycles. The number of nitrogens with zero attached hydrogens (tertiary/aromatic N) is 3. The Balaban J connectivity index is 2.44. The average Bonchev–Trinajstić information content (AvgIpc) is 2.78. The summed E-state index contributed by atoms with van der Waals surface area (Å²) < 4.78 is 1.92. The smallest absolute Gasteiger partial charge is 0.132 e. The van der Waals surface area contributed by atoms with Gasteiger partial charge in [-0.3, -0.25) is 4.68 Å². The van der Waals surface area contributed by atoms with Crippen LogP contribution in [0.5, 0.6) is 0 Å². The maximum Gasteiger partial charge on any atom is 0.132 e. The highest BCUT2D eigenvalue weighted by Crippen LogP contribution is 2.34. The largest absolute Gasteiger partial charge is 0.391 e. The molecule has 0 aromatic carbocycles. The first-order valence-corrected chi connectivity index (χ1v) is 6.51. The molecule has 0 amide bonds. The van der Waals surface area contributed by atoms with E-state index < -0.39 is 0 Å². The second-order valence-electron chi connectivity index (χ2n) is 5.07. The van der Waals surface area contributed by atoms with Crippen LogP contribution in [0.3, 0.4) is 0 Å². The van der Waals surface area contributed by atoms with Gasteiger partial charge in [-0.05, 0) is 33.1 Å². The standard InChI is InChI=1S/C13H23N3O/c1-5-11-7-6-9(2)16(11)13-12(8-17)10(3)14-15(13)4/h9,11,17H,5-8H2,1-4H3. The molecule has 2 unspecified atom stereocenters. The fourth-order valence-corrected chi connectivity index (χ4v) is 3.05. The molecular weight excluding hydrogens is 214 g/mol. The molecule has 1 N–H and O–H groups in total. The number of aliphatic hydroxyl groups excluding tert-OH is 1. The second-order valence-corrected chi connectivity index (χ2v) is 5.07. The maximum absolute atomic E-state index is 9.54. The Morgan fingerprint density at radius 3 is 2.71 bits per heavy atom. The molecule has 2 rings (SSSR count). The van der Waals surface area contributed by atoms with Crippen molar-refractivity contribution in [2.45, 2.75) is 58.7 Å². The lowest BCUT2D eigenvalue weighted by Crippen LogP contribution is -2.36. The monoisotopic (exact) mass is 237 g/mol. The highest BCUT2D eigenvalue weighted by molar-refractivity contribution is 5.52. The van der Waals surface area contributed by atoms with E-state index in [0.29, 0.717) is 12.1 Å². The van der Waals surface area contributed by atoms with Gasteiger partial charge in [-0.2, -0.15) is 5.10 Å². The number of anilines is 1. The molecule has 2 atom stereocenters. The minimum atomic E-state index is 0.0780. The molecule has 0 bridgehead atoms. The molecule has 1 saturated heterocycles. The lowest BCUT2D eigenvalue weighted by atomic mass is 10.1. The van der Waals surface area contributed by atoms with Gasteiger partial charge in [0.2, 0.25) is 0 Å². The van der Waals surface area contributed by atoms with Crippen LogP contribution >= 0.6 is 0 Å². The fraction of sp³-hybridized carbons (Fsp3) is 0.769. The summed E-state index contributed by atoms with van der Waals surface area (Å²) in [5.41, 5.74) is 1.93. The van der Waals surface area contributed by atoms with E-state index >= 15 is 0 Å². The minimum absolute atomic E-state index is 0.0780. The van der Waals surface area contributed by atoms with Gasteiger partial charge in [0.25, 0.3) is 0 Å². The molecule has 4 heteroatoms. The summed E-state index contributed by atoms with van der Waals surface area (Å²) in [7, 11) is 1.97. The zero-order valence-electron chi connectivity index (χ0n) is 11.3. The van der Waals surface area contributed by atoms with Crippen LogP contribution < -0.4 is 4.90 Å². The van der Waals surface area contributed by atoms with Gasteiger partial charge >= 0.3 is 0 Å². The highest BCUT2D eigenvalue weighted by atomic mass is 16.3. The molecule has 1 aromatic heterocycles. The number of hydrogen-bond donors (Lipinski definition) is 1. The molecule has 0 saturated carbocycles. The number of aliphatic hydroxyl groups is 1. The van der Waals surface area contributed by atoms with Gasteiger partial charge < -0.3 is 10.0 Å². The molecule has 1 aliphatic heterocycles. The molecular formula is C13H23N3O. The molecule has 4 nitrogen and oxygen atoms in total. The van der Waals surface area contributed by atoms with Gasteiger partial charge in [-0.1, -0.05) is 6.92 Å². The Morgan fingerprint density at radius 1 is 1.41 bits per heavy atom. The van der Waals surface area contributed by atoms with Crippen molar-refractivity contribution >= 4 is 5.82 Å². The number of aryl methyl sites for hydroxylation is 2. The quantitative estimate of drug-likeness (QED) is 0.874. The Bertz CT molecular complexity index is 400. The summed E-state index contributed by atoms with van der Waals surface area (Å²) in [6, 6.07) is 1.13. The van der Waals surface area contributed by atoms with Gasteiger partial charge in [0.15, 0.2) is 0 Å². The van der Waals surface area contributed by atoms with Gasteiger partial charge in [-0.25, -0.2) is 0 Å². The van der Waals surface area contributed by atoms with Crippen LogP contribution in [-0.2, 0) is 13.7 Å². The number of hydrogen-bond acceptors (Lipinski definition) is 3. The zero-order chi connectivity index (χ0) is 12.6. The third-order valence-corrected chi connectivity index (χ3v) is 3.97. The van der Waals surface area contributed by atoms with E-state index in [0.717, 1.165) is 23.5 Å². The minimum Gasteiger partial charge on any atom is -0.391 e. The summed E-state index contributed by atoms with van der Waals surface area (Å²) in [6.45, 7) is 6.54. The van der Waals surface area contributed by atoms with Crippen molar-refractivity contribution in [1.82, 2.24) is 9.78 Å². The third-order valence-electron chi connectivity index (χ3n) is 3.97. The van der Waals surface area contributed by atoms with Crippen LogP contribution in [0.4, 0.5) is 5.82 Å². The SMILES string of the molecule is CCC1CCC(C)N1c1c(CO)c(C)nn1C. The molecule has 0 spiro atoms. The van der Waals surface area contributed by atoms with Crippen molar-refractivity contribution in [1.29, 1.82) is 0 Å². The second kappa shape index (κ2) is 4.69. The maximum atomic E-state index is 9.54. The molecule has 0 radical (unpaired) electrons. The summed E-state index contributed by atoms with van der Waals surface area (Å²) in [5, 5.41) is 14.0.